The molecule has 1 aliphatic rings. The Morgan fingerprint density at radius 1 is 1.71 bits per heavy atom. The van der Waals surface area contributed by atoms with Crippen molar-refractivity contribution in [1.29, 1.82) is 0 Å². The van der Waals surface area contributed by atoms with E-state index in [1.165, 1.54) is 13.1 Å². The molecule has 0 bridgehead atoms. The van der Waals surface area contributed by atoms with Crippen LogP contribution in [-0.2, 0) is 0 Å². The molecule has 2 nitrogen and oxygen atoms in total. The number of thiol groups is 1. The molecule has 0 unspecified atom stereocenters. The zero-order valence-electron chi connectivity index (χ0n) is 3.85. The maximum absolute atomic E-state index is 4.71. The molecule has 1 fully saturated rings. The number of nitrogens with one attached hydrogen (secondary N) is 1. The Balaban J connectivity index is 0.000000105. The summed E-state index contributed by atoms with van der Waals surface area (Å²) in [6.07, 6.45) is 0. The molecule has 0 radical (unpaired) electrons. The van der Waals surface area contributed by atoms with Crippen LogP contribution in [0.1, 0.15) is 0 Å². The Hall–Kier alpha value is 0.200. The fourth-order valence-electron chi connectivity index (χ4n) is 0. The first-order valence-electron chi connectivity index (χ1n) is 1.92. The van der Waals surface area contributed by atoms with E-state index >= 15 is 0 Å². The molecule has 42 valence electrons. The topological polar surface area (TPSA) is 48.0 Å². The van der Waals surface area contributed by atoms with Gasteiger partial charge in [0.05, 0.1) is 0 Å². The van der Waals surface area contributed by atoms with Crippen molar-refractivity contribution in [3.63, 3.8) is 0 Å². The molecule has 4 heteroatoms. The van der Waals surface area contributed by atoms with Crippen molar-refractivity contribution in [2.75, 3.05) is 13.1 Å². The van der Waals surface area contributed by atoms with E-state index in [2.05, 4.69) is 30.2 Å². The van der Waals surface area contributed by atoms with Crippen molar-refractivity contribution in [2.24, 2.45) is 5.73 Å². The Morgan fingerprint density at radius 3 is 1.86 bits per heavy atom. The molecule has 0 amide bonds. The van der Waals surface area contributed by atoms with Crippen LogP contribution in [0.3, 0.4) is 0 Å². The largest absolute Gasteiger partial charge is 0.385 e. The molecule has 3 N–H and O–H groups in total. The molecule has 1 saturated heterocycles. The summed E-state index contributed by atoms with van der Waals surface area (Å²) in [6, 6.07) is 0. The van der Waals surface area contributed by atoms with E-state index in [0.29, 0.717) is 0 Å². The minimum absolute atomic E-state index is 0.194. The number of nitrogens with two attached hydrogens (primary N) is 1. The fraction of sp³-hybridized carbons (Fsp3) is 0.667. The lowest BCUT2D eigenvalue weighted by Crippen LogP contribution is -1.94. The zero-order valence-corrected chi connectivity index (χ0v) is 5.56. The molecule has 0 aromatic heterocycles. The molecular formula is C3H8N2S2. The van der Waals surface area contributed by atoms with Crippen molar-refractivity contribution < 1.29 is 0 Å². The second kappa shape index (κ2) is 4.36. The van der Waals surface area contributed by atoms with Crippen LogP contribution in [0, 0.1) is 0 Å². The normalized spacial score (nSPS) is 13.9. The molecule has 1 rings (SSSR count). The smallest absolute Gasteiger partial charge is 0.128 e. The van der Waals surface area contributed by atoms with Gasteiger partial charge in [0.1, 0.15) is 4.32 Å². The summed E-state index contributed by atoms with van der Waals surface area (Å²) in [6.45, 7) is 2.50. The summed E-state index contributed by atoms with van der Waals surface area (Å²) in [5.41, 5.74) is 4.71. The SMILES string of the molecule is C1CN1.NC(=S)S. The lowest BCUT2D eigenvalue weighted by molar-refractivity contribution is 1.34. The number of hydrogen-bond acceptors (Lipinski definition) is 2. The lowest BCUT2D eigenvalue weighted by atomic mass is 11.0. The highest BCUT2D eigenvalue weighted by atomic mass is 32.1. The van der Waals surface area contributed by atoms with Gasteiger partial charge < -0.3 is 11.1 Å². The van der Waals surface area contributed by atoms with Gasteiger partial charge in [0, 0.05) is 13.1 Å². The predicted octanol–water partition coefficient (Wildman–Crippen LogP) is -0.251. The Bertz CT molecular complexity index is 55.2. The lowest BCUT2D eigenvalue weighted by Gasteiger charge is -1.64. The average molecular weight is 136 g/mol. The molecule has 1 heterocycles. The van der Waals surface area contributed by atoms with Crippen LogP contribution in [-0.4, -0.2) is 17.4 Å². The predicted molar refractivity (Wildman–Crippen MR) is 38.6 cm³/mol. The van der Waals surface area contributed by atoms with E-state index in [0.717, 1.165) is 0 Å². The Kier molecular flexibility index (Phi) is 4.49. The summed E-state index contributed by atoms with van der Waals surface area (Å²) < 4.78 is 0.194. The van der Waals surface area contributed by atoms with E-state index in [-0.39, 0.29) is 4.32 Å². The van der Waals surface area contributed by atoms with Gasteiger partial charge in [0.2, 0.25) is 0 Å². The Morgan fingerprint density at radius 2 is 1.86 bits per heavy atom. The van der Waals surface area contributed by atoms with Crippen molar-refractivity contribution in [3.05, 3.63) is 0 Å². The third-order valence-electron chi connectivity index (χ3n) is 0.250. The molecule has 0 aromatic rings. The monoisotopic (exact) mass is 136 g/mol. The van der Waals surface area contributed by atoms with E-state index in [1.807, 2.05) is 0 Å². The van der Waals surface area contributed by atoms with E-state index in [9.17, 15) is 0 Å². The van der Waals surface area contributed by atoms with E-state index in [1.54, 1.807) is 0 Å². The molecule has 0 spiro atoms. The summed E-state index contributed by atoms with van der Waals surface area (Å²) in [5.74, 6) is 0. The summed E-state index contributed by atoms with van der Waals surface area (Å²) in [4.78, 5) is 0. The first-order chi connectivity index (χ1) is 3.23. The van der Waals surface area contributed by atoms with Gasteiger partial charge in [-0.1, -0.05) is 12.2 Å². The van der Waals surface area contributed by atoms with Gasteiger partial charge >= 0.3 is 0 Å². The second-order valence-corrected chi connectivity index (χ2v) is 2.31. The van der Waals surface area contributed by atoms with Crippen LogP contribution < -0.4 is 11.1 Å². The molecule has 1 aliphatic heterocycles. The van der Waals surface area contributed by atoms with Crippen LogP contribution in [0.5, 0.6) is 0 Å². The molecule has 7 heavy (non-hydrogen) atoms. The highest BCUT2D eigenvalue weighted by Crippen LogP contribution is 1.65. The van der Waals surface area contributed by atoms with Crippen LogP contribution in [0.15, 0.2) is 0 Å². The quantitative estimate of drug-likeness (QED) is 0.244. The zero-order chi connectivity index (χ0) is 5.70. The van der Waals surface area contributed by atoms with Crippen LogP contribution in [0.4, 0.5) is 0 Å². The van der Waals surface area contributed by atoms with Gasteiger partial charge in [-0.05, 0) is 0 Å². The van der Waals surface area contributed by atoms with Gasteiger partial charge in [-0.15, -0.1) is 12.6 Å². The molecule has 0 aromatic carbocycles. The Labute approximate surface area is 53.9 Å². The van der Waals surface area contributed by atoms with Crippen molar-refractivity contribution in [2.45, 2.75) is 0 Å². The minimum Gasteiger partial charge on any atom is -0.385 e. The van der Waals surface area contributed by atoms with Crippen molar-refractivity contribution in [1.82, 2.24) is 5.32 Å². The van der Waals surface area contributed by atoms with Gasteiger partial charge in [0.15, 0.2) is 0 Å². The third kappa shape index (κ3) is 76.0. The summed E-state index contributed by atoms with van der Waals surface area (Å²) >= 11 is 7.65. The standard InChI is InChI=1S/C2H5N.CH3NS2/c1-2-3-1;2-1(3)4/h3H,1-2H2;(H3,2,3,4). The molecular weight excluding hydrogens is 128 g/mol. The number of rotatable bonds is 0. The minimum atomic E-state index is 0.194. The molecule has 0 atom stereocenters. The summed E-state index contributed by atoms with van der Waals surface area (Å²) in [5, 5.41) is 3.00. The number of hydrogen-bond donors (Lipinski definition) is 3. The van der Waals surface area contributed by atoms with Gasteiger partial charge in [-0.3, -0.25) is 0 Å². The first kappa shape index (κ1) is 7.20. The van der Waals surface area contributed by atoms with Crippen molar-refractivity contribution >= 4 is 29.2 Å². The fourth-order valence-corrected chi connectivity index (χ4v) is 0. The van der Waals surface area contributed by atoms with Gasteiger partial charge in [-0.2, -0.15) is 0 Å². The number of thiocarbonyl (C=S) groups is 1. The maximum Gasteiger partial charge on any atom is 0.128 e. The second-order valence-electron chi connectivity index (χ2n) is 1.09. The highest BCUT2D eigenvalue weighted by molar-refractivity contribution is 8.10. The van der Waals surface area contributed by atoms with Crippen LogP contribution >= 0.6 is 24.8 Å². The van der Waals surface area contributed by atoms with Crippen molar-refractivity contribution in [3.8, 4) is 0 Å². The van der Waals surface area contributed by atoms with Gasteiger partial charge in [-0.25, -0.2) is 0 Å². The average Bonchev–Trinajstić information content (AvgIpc) is 2.02. The highest BCUT2D eigenvalue weighted by Gasteiger charge is 1.91. The first-order valence-corrected chi connectivity index (χ1v) is 2.78. The third-order valence-corrected chi connectivity index (χ3v) is 0.250. The van der Waals surface area contributed by atoms with Crippen LogP contribution in [0.25, 0.3) is 0 Å². The summed E-state index contributed by atoms with van der Waals surface area (Å²) in [7, 11) is 0. The van der Waals surface area contributed by atoms with Gasteiger partial charge in [0.25, 0.3) is 0 Å². The molecule has 0 saturated carbocycles. The van der Waals surface area contributed by atoms with E-state index < -0.39 is 0 Å². The van der Waals surface area contributed by atoms with E-state index in [4.69, 9.17) is 5.73 Å². The molecule has 0 aliphatic carbocycles. The maximum atomic E-state index is 4.71. The van der Waals surface area contributed by atoms with Crippen LogP contribution in [0.2, 0.25) is 0 Å².